The Labute approximate surface area is 359 Å². The van der Waals surface area contributed by atoms with Gasteiger partial charge in [0, 0.05) is 18.2 Å². The summed E-state index contributed by atoms with van der Waals surface area (Å²) in [4.78, 5) is 0. The fourth-order valence-electron chi connectivity index (χ4n) is 3.84. The van der Waals surface area contributed by atoms with Gasteiger partial charge in [-0.05, 0) is 72.8 Å². The average molecular weight is 823 g/mol. The predicted molar refractivity (Wildman–Crippen MR) is 216 cm³/mol. The number of halogens is 4. The van der Waals surface area contributed by atoms with Crippen molar-refractivity contribution in [2.75, 3.05) is 17.5 Å². The van der Waals surface area contributed by atoms with Gasteiger partial charge in [-0.3, -0.25) is 0 Å². The molecule has 0 bridgehead atoms. The van der Waals surface area contributed by atoms with Crippen LogP contribution in [0, 0.1) is 0 Å². The Kier molecular flexibility index (Phi) is 27.3. The average Bonchev–Trinajstić information content (AvgIpc) is 4.05. The van der Waals surface area contributed by atoms with Crippen LogP contribution >= 0.6 is 46.4 Å². The molecule has 0 unspecified atom stereocenters. The van der Waals surface area contributed by atoms with Gasteiger partial charge in [0.05, 0.1) is 10.7 Å². The molecule has 280 valence electrons. The Morgan fingerprint density at radius 1 is 0.389 bits per heavy atom. The monoisotopic (exact) mass is 820 g/mol. The normalized spacial score (nSPS) is 10.0. The number of alkyl halides is 4. The van der Waals surface area contributed by atoms with Gasteiger partial charge in [0.2, 0.25) is 6.79 Å². The van der Waals surface area contributed by atoms with Gasteiger partial charge in [-0.15, -0.1) is 46.4 Å². The summed E-state index contributed by atoms with van der Waals surface area (Å²) in [6.45, 7) is 0.0730. The van der Waals surface area contributed by atoms with Crippen LogP contribution in [0.4, 0.5) is 0 Å². The molecule has 1 aliphatic rings. The first-order valence-corrected chi connectivity index (χ1v) is 18.3. The quantitative estimate of drug-likeness (QED) is 0.0835. The van der Waals surface area contributed by atoms with E-state index in [2.05, 4.69) is 0 Å². The first kappa shape index (κ1) is 48.3. The summed E-state index contributed by atoms with van der Waals surface area (Å²) in [6, 6.07) is 50.3. The zero-order chi connectivity index (χ0) is 37.1. The molecule has 0 aromatic heterocycles. The number of ether oxygens (including phenoxy) is 5. The van der Waals surface area contributed by atoms with Crippen LogP contribution in [-0.2, 0) is 0 Å². The molecule has 0 amide bonds. The molecule has 12 heteroatoms. The summed E-state index contributed by atoms with van der Waals surface area (Å²) in [5.41, 5.74) is 0. The Hall–Kier alpha value is -3.76. The van der Waals surface area contributed by atoms with Gasteiger partial charge in [-0.2, -0.15) is 0 Å². The third kappa shape index (κ3) is 22.5. The maximum Gasteiger partial charge on any atom is 1.00 e. The number of para-hydroxylation sites is 3. The Morgan fingerprint density at radius 3 is 0.981 bits per heavy atom. The molecule has 1 aliphatic carbocycles. The second kappa shape index (κ2) is 30.6. The van der Waals surface area contributed by atoms with Crippen LogP contribution < -0.4 is 53.2 Å². The van der Waals surface area contributed by atoms with Gasteiger partial charge in [0.25, 0.3) is 0 Å². The molecular weight excluding hydrogens is 781 g/mol. The smallest absolute Gasteiger partial charge is 0.870 e. The predicted octanol–water partition coefficient (Wildman–Crippen LogP) is 10.7. The van der Waals surface area contributed by atoms with Crippen LogP contribution in [0.25, 0.3) is 0 Å². The van der Waals surface area contributed by atoms with Crippen molar-refractivity contribution in [1.29, 1.82) is 0 Å². The molecule has 0 radical (unpaired) electrons. The largest absolute Gasteiger partial charge is 1.00 e. The van der Waals surface area contributed by atoms with E-state index in [4.69, 9.17) is 70.1 Å². The van der Waals surface area contributed by atoms with Crippen molar-refractivity contribution in [3.63, 3.8) is 0 Å². The number of rotatable bonds is 10. The van der Waals surface area contributed by atoms with E-state index in [9.17, 15) is 5.11 Å². The SMILES string of the molecule is C1CC1.ClCCl.ClCCl.Oc1cccc(Oc2ccccc2)c1.[Na+].[OH-].c1ccc(Oc2cccc(OCOc3cccc(Oc4ccccc4)c3)c2)cc1. The van der Waals surface area contributed by atoms with Crippen molar-refractivity contribution in [3.8, 4) is 51.7 Å². The van der Waals surface area contributed by atoms with Crippen LogP contribution in [0.3, 0.4) is 0 Å². The van der Waals surface area contributed by atoms with E-state index >= 15 is 0 Å². The minimum absolute atomic E-state index is 0. The van der Waals surface area contributed by atoms with E-state index in [1.54, 1.807) is 24.3 Å². The molecule has 0 saturated heterocycles. The number of hydrogen-bond donors (Lipinski definition) is 1. The van der Waals surface area contributed by atoms with Gasteiger partial charge in [-0.1, -0.05) is 92.1 Å². The Bertz CT molecular complexity index is 1700. The van der Waals surface area contributed by atoms with Gasteiger partial charge < -0.3 is 34.3 Å². The molecule has 1 saturated carbocycles. The minimum atomic E-state index is 0. The van der Waals surface area contributed by atoms with E-state index in [0.717, 1.165) is 17.2 Å². The maximum atomic E-state index is 9.21. The third-order valence-electron chi connectivity index (χ3n) is 6.17. The van der Waals surface area contributed by atoms with E-state index in [1.807, 2.05) is 140 Å². The standard InChI is InChI=1S/C25H20O4.C12H10O2.C3H6.2CH2Cl2.Na.H2O/c1-3-9-20(10-4-1)28-24-15-7-13-22(17-24)26-19-27-23-14-8-16-25(18-23)29-21-11-5-2-6-12-21;13-10-5-4-8-12(9-10)14-11-6-2-1-3-7-11;1-2-3-1;2*2-1-3;;/h1-18H,19H2;1-9,13H;1-3H2;2*1H2;;1H2/q;;;;;+1;/p-1. The van der Waals surface area contributed by atoms with Crippen LogP contribution in [-0.4, -0.2) is 28.1 Å². The molecule has 0 heterocycles. The Balaban J connectivity index is 0.000000484. The second-order valence-electron chi connectivity index (χ2n) is 10.4. The maximum absolute atomic E-state index is 9.21. The number of hydrogen-bond acceptors (Lipinski definition) is 7. The van der Waals surface area contributed by atoms with Crippen molar-refractivity contribution in [3.05, 3.63) is 164 Å². The van der Waals surface area contributed by atoms with Gasteiger partial charge in [-0.25, -0.2) is 0 Å². The zero-order valence-corrected chi connectivity index (χ0v) is 34.8. The van der Waals surface area contributed by atoms with Crippen LogP contribution in [0.15, 0.2) is 164 Å². The van der Waals surface area contributed by atoms with Gasteiger partial charge in [0.15, 0.2) is 0 Å². The fraction of sp³-hybridized carbons (Fsp3) is 0.143. The van der Waals surface area contributed by atoms with Crippen molar-refractivity contribution in [1.82, 2.24) is 0 Å². The number of phenols is 1. The molecule has 1 fully saturated rings. The summed E-state index contributed by atoms with van der Waals surface area (Å²) in [5, 5.41) is 9.60. The van der Waals surface area contributed by atoms with Crippen LogP contribution in [0.5, 0.6) is 51.7 Å². The number of aromatic hydroxyl groups is 1. The summed E-state index contributed by atoms with van der Waals surface area (Å²) in [7, 11) is 0. The minimum Gasteiger partial charge on any atom is -0.870 e. The summed E-state index contributed by atoms with van der Waals surface area (Å²) >= 11 is 19.1. The molecule has 6 aromatic rings. The molecule has 0 atom stereocenters. The first-order chi connectivity index (χ1) is 25.5. The second-order valence-corrected chi connectivity index (χ2v) is 12.0. The molecule has 2 N–H and O–H groups in total. The molecular formula is C42H41Cl4NaO7. The molecule has 0 aliphatic heterocycles. The molecule has 7 rings (SSSR count). The molecule has 54 heavy (non-hydrogen) atoms. The number of benzene rings is 6. The molecule has 7 nitrogen and oxygen atoms in total. The zero-order valence-electron chi connectivity index (χ0n) is 29.8. The van der Waals surface area contributed by atoms with E-state index in [-0.39, 0.29) is 58.3 Å². The topological polar surface area (TPSA) is 96.4 Å². The van der Waals surface area contributed by atoms with Crippen LogP contribution in [0.2, 0.25) is 0 Å². The summed E-state index contributed by atoms with van der Waals surface area (Å²) < 4.78 is 28.5. The Morgan fingerprint density at radius 2 is 0.667 bits per heavy atom. The van der Waals surface area contributed by atoms with Crippen molar-refractivity contribution < 1.29 is 63.8 Å². The molecule has 0 spiro atoms. The van der Waals surface area contributed by atoms with E-state index in [0.29, 0.717) is 28.7 Å². The fourth-order valence-corrected chi connectivity index (χ4v) is 3.84. The van der Waals surface area contributed by atoms with Gasteiger partial charge >= 0.3 is 29.6 Å². The first-order valence-electron chi connectivity index (χ1n) is 16.2. The number of phenolic OH excluding ortho intramolecular Hbond substituents is 1. The van der Waals surface area contributed by atoms with E-state index < -0.39 is 0 Å². The van der Waals surface area contributed by atoms with Crippen molar-refractivity contribution in [2.45, 2.75) is 19.3 Å². The van der Waals surface area contributed by atoms with Crippen molar-refractivity contribution >= 4 is 46.4 Å². The third-order valence-corrected chi connectivity index (χ3v) is 6.17. The van der Waals surface area contributed by atoms with E-state index in [1.165, 1.54) is 19.3 Å². The summed E-state index contributed by atoms with van der Waals surface area (Å²) in [6.07, 6.45) is 4.50. The summed E-state index contributed by atoms with van der Waals surface area (Å²) in [5.74, 6) is 5.88. The van der Waals surface area contributed by atoms with Gasteiger partial charge in [0.1, 0.15) is 51.7 Å². The molecule has 6 aromatic carbocycles. The van der Waals surface area contributed by atoms with Crippen molar-refractivity contribution in [2.24, 2.45) is 0 Å². The van der Waals surface area contributed by atoms with Crippen LogP contribution in [0.1, 0.15) is 19.3 Å².